The first kappa shape index (κ1) is 19.3. The fourth-order valence-corrected chi connectivity index (χ4v) is 3.23. The zero-order chi connectivity index (χ0) is 20.6. The number of aromatic hydroxyl groups is 1. The molecule has 3 aromatic rings. The van der Waals surface area contributed by atoms with E-state index in [2.05, 4.69) is 5.32 Å². The lowest BCUT2D eigenvalue weighted by atomic mass is 10.1. The number of carbonyl (C=O) groups is 1. The van der Waals surface area contributed by atoms with Gasteiger partial charge in [-0.15, -0.1) is 0 Å². The molecule has 0 saturated carbocycles. The number of nitro groups is 1. The summed E-state index contributed by atoms with van der Waals surface area (Å²) in [6.07, 6.45) is 0. The Kier molecular flexibility index (Phi) is 4.75. The quantitative estimate of drug-likeness (QED) is 0.345. The smallest absolute Gasteiger partial charge is 0.294 e. The minimum absolute atomic E-state index is 0.0450. The largest absolute Gasteiger partial charge is 0.507 e. The van der Waals surface area contributed by atoms with Gasteiger partial charge >= 0.3 is 0 Å². The fourth-order valence-electron chi connectivity index (χ4n) is 2.71. The van der Waals surface area contributed by atoms with Crippen molar-refractivity contribution in [2.75, 3.05) is 5.32 Å². The number of rotatable bonds is 4. The number of aryl methyl sites for hydroxylation is 1. The zero-order valence-electron chi connectivity index (χ0n) is 14.4. The number of nitrogens with one attached hydrogen (secondary N) is 1. The fraction of sp³-hybridized carbons (Fsp3) is 0.0556. The maximum Gasteiger partial charge on any atom is 0.294 e. The highest BCUT2D eigenvalue weighted by atomic mass is 32.2. The van der Waals surface area contributed by atoms with E-state index in [9.17, 15) is 28.4 Å². The van der Waals surface area contributed by atoms with Gasteiger partial charge in [0.05, 0.1) is 9.82 Å². The first-order valence-electron chi connectivity index (χ1n) is 7.87. The zero-order valence-corrected chi connectivity index (χ0v) is 15.2. The minimum atomic E-state index is -4.44. The van der Waals surface area contributed by atoms with Gasteiger partial charge in [-0.25, -0.2) is 0 Å². The van der Waals surface area contributed by atoms with Crippen LogP contribution in [0.25, 0.3) is 10.8 Å². The summed E-state index contributed by atoms with van der Waals surface area (Å²) in [5, 5.41) is 24.2. The molecular weight excluding hydrogens is 388 g/mol. The van der Waals surface area contributed by atoms with E-state index in [1.54, 1.807) is 6.92 Å². The predicted molar refractivity (Wildman–Crippen MR) is 101 cm³/mol. The molecule has 0 saturated heterocycles. The Balaban J connectivity index is 1.99. The van der Waals surface area contributed by atoms with Crippen molar-refractivity contribution in [3.63, 3.8) is 0 Å². The van der Waals surface area contributed by atoms with Crippen LogP contribution in [-0.2, 0) is 10.1 Å². The van der Waals surface area contributed by atoms with Crippen molar-refractivity contribution in [1.82, 2.24) is 0 Å². The van der Waals surface area contributed by atoms with Gasteiger partial charge in [0, 0.05) is 34.3 Å². The van der Waals surface area contributed by atoms with Crippen LogP contribution in [0, 0.1) is 17.0 Å². The van der Waals surface area contributed by atoms with Crippen molar-refractivity contribution < 1.29 is 27.8 Å². The summed E-state index contributed by atoms with van der Waals surface area (Å²) in [4.78, 5) is 22.5. The Bertz CT molecular complexity index is 1240. The highest BCUT2D eigenvalue weighted by molar-refractivity contribution is 7.85. The molecule has 10 heteroatoms. The average Bonchev–Trinajstić information content (AvgIpc) is 2.60. The SMILES string of the molecule is Cc1ccc(C(=O)Nc2cc(O)c3ccc(S(=O)(=O)O)cc3c2)cc1[N+](=O)[O-]. The van der Waals surface area contributed by atoms with Crippen LogP contribution in [0.4, 0.5) is 11.4 Å². The van der Waals surface area contributed by atoms with Crippen LogP contribution in [0.3, 0.4) is 0 Å². The number of anilines is 1. The first-order valence-corrected chi connectivity index (χ1v) is 9.31. The Morgan fingerprint density at radius 1 is 1.11 bits per heavy atom. The molecule has 0 fully saturated rings. The molecule has 3 N–H and O–H groups in total. The van der Waals surface area contributed by atoms with Crippen LogP contribution in [0.1, 0.15) is 15.9 Å². The van der Waals surface area contributed by atoms with Crippen LogP contribution in [0.5, 0.6) is 5.75 Å². The molecule has 0 bridgehead atoms. The minimum Gasteiger partial charge on any atom is -0.507 e. The first-order chi connectivity index (χ1) is 13.1. The number of nitro benzene ring substituents is 1. The van der Waals surface area contributed by atoms with Crippen molar-refractivity contribution in [2.45, 2.75) is 11.8 Å². The van der Waals surface area contributed by atoms with E-state index in [1.807, 2.05) is 0 Å². The molecule has 0 unspecified atom stereocenters. The second kappa shape index (κ2) is 6.91. The van der Waals surface area contributed by atoms with Gasteiger partial charge in [0.25, 0.3) is 21.7 Å². The molecule has 0 spiro atoms. The maximum absolute atomic E-state index is 12.4. The van der Waals surface area contributed by atoms with Crippen molar-refractivity contribution in [3.05, 3.63) is 69.8 Å². The third-order valence-corrected chi connectivity index (χ3v) is 4.98. The number of benzene rings is 3. The summed E-state index contributed by atoms with van der Waals surface area (Å²) in [7, 11) is -4.44. The molecule has 0 atom stereocenters. The van der Waals surface area contributed by atoms with Crippen LogP contribution >= 0.6 is 0 Å². The highest BCUT2D eigenvalue weighted by Crippen LogP contribution is 2.31. The summed E-state index contributed by atoms with van der Waals surface area (Å²) < 4.78 is 31.7. The van der Waals surface area contributed by atoms with Crippen molar-refractivity contribution >= 4 is 38.2 Å². The number of carbonyl (C=O) groups excluding carboxylic acids is 1. The van der Waals surface area contributed by atoms with Gasteiger partial charge in [-0.05, 0) is 42.6 Å². The van der Waals surface area contributed by atoms with Gasteiger partial charge in [-0.3, -0.25) is 19.5 Å². The van der Waals surface area contributed by atoms with E-state index in [4.69, 9.17) is 4.55 Å². The number of hydrogen-bond donors (Lipinski definition) is 3. The van der Waals surface area contributed by atoms with Crippen LogP contribution in [0.15, 0.2) is 53.4 Å². The lowest BCUT2D eigenvalue weighted by molar-refractivity contribution is -0.385. The van der Waals surface area contributed by atoms with Crippen molar-refractivity contribution in [1.29, 1.82) is 0 Å². The molecule has 9 nitrogen and oxygen atoms in total. The lowest BCUT2D eigenvalue weighted by Crippen LogP contribution is -2.12. The number of nitrogens with zero attached hydrogens (tertiary/aromatic N) is 1. The van der Waals surface area contributed by atoms with Gasteiger partial charge in [0.1, 0.15) is 5.75 Å². The van der Waals surface area contributed by atoms with Gasteiger partial charge in [-0.1, -0.05) is 6.07 Å². The van der Waals surface area contributed by atoms with E-state index in [1.165, 1.54) is 30.3 Å². The lowest BCUT2D eigenvalue weighted by Gasteiger charge is -2.10. The second-order valence-corrected chi connectivity index (χ2v) is 7.49. The van der Waals surface area contributed by atoms with Gasteiger partial charge in [0.2, 0.25) is 0 Å². The molecule has 0 aliphatic rings. The Morgan fingerprint density at radius 2 is 1.82 bits per heavy atom. The second-order valence-electron chi connectivity index (χ2n) is 6.07. The van der Waals surface area contributed by atoms with Crippen LogP contribution in [-0.4, -0.2) is 28.9 Å². The average molecular weight is 402 g/mol. The van der Waals surface area contributed by atoms with Gasteiger partial charge in [0.15, 0.2) is 0 Å². The van der Waals surface area contributed by atoms with E-state index >= 15 is 0 Å². The molecule has 0 aliphatic carbocycles. The highest BCUT2D eigenvalue weighted by Gasteiger charge is 2.16. The molecule has 0 aromatic heterocycles. The molecule has 144 valence electrons. The third kappa shape index (κ3) is 3.77. The molecule has 1 amide bonds. The van der Waals surface area contributed by atoms with Gasteiger partial charge in [-0.2, -0.15) is 8.42 Å². The molecule has 0 heterocycles. The summed E-state index contributed by atoms with van der Waals surface area (Å²) >= 11 is 0. The summed E-state index contributed by atoms with van der Waals surface area (Å²) in [5.74, 6) is -0.864. The van der Waals surface area contributed by atoms with E-state index in [0.717, 1.165) is 18.2 Å². The van der Waals surface area contributed by atoms with E-state index < -0.39 is 20.9 Å². The maximum atomic E-state index is 12.4. The Labute approximate surface area is 159 Å². The number of fused-ring (bicyclic) bond motifs is 1. The number of phenolic OH excluding ortho intramolecular Hbond substituents is 1. The van der Waals surface area contributed by atoms with E-state index in [0.29, 0.717) is 10.9 Å². The molecule has 3 rings (SSSR count). The summed E-state index contributed by atoms with van der Waals surface area (Å²) in [6.45, 7) is 1.55. The predicted octanol–water partition coefficient (Wildman–Crippen LogP) is 3.26. The topological polar surface area (TPSA) is 147 Å². The molecule has 0 radical (unpaired) electrons. The number of hydrogen-bond acceptors (Lipinski definition) is 6. The Hall–Kier alpha value is -3.50. The number of phenols is 1. The van der Waals surface area contributed by atoms with Gasteiger partial charge < -0.3 is 10.4 Å². The summed E-state index contributed by atoms with van der Waals surface area (Å²) in [6, 6.07) is 10.3. The normalized spacial score (nSPS) is 11.4. The molecule has 28 heavy (non-hydrogen) atoms. The molecule has 3 aromatic carbocycles. The van der Waals surface area contributed by atoms with Crippen molar-refractivity contribution in [2.24, 2.45) is 0 Å². The van der Waals surface area contributed by atoms with Crippen LogP contribution in [0.2, 0.25) is 0 Å². The summed E-state index contributed by atoms with van der Waals surface area (Å²) in [5.41, 5.74) is 0.392. The monoisotopic (exact) mass is 402 g/mol. The van der Waals surface area contributed by atoms with Crippen molar-refractivity contribution in [3.8, 4) is 5.75 Å². The standard InChI is InChI=1S/C18H14N2O7S/c1-10-2-3-11(8-16(10)20(23)24)18(22)19-13-6-12-7-14(28(25,26)27)4-5-15(12)17(21)9-13/h2-9,21H,1H3,(H,19,22)(H,25,26,27). The third-order valence-electron chi connectivity index (χ3n) is 4.13. The Morgan fingerprint density at radius 3 is 2.46 bits per heavy atom. The van der Waals surface area contributed by atoms with Crippen LogP contribution < -0.4 is 5.32 Å². The van der Waals surface area contributed by atoms with E-state index in [-0.39, 0.29) is 33.0 Å². The number of amides is 1. The molecule has 0 aliphatic heterocycles. The molecular formula is C18H14N2O7S.